The van der Waals surface area contributed by atoms with Crippen LogP contribution in [-0.4, -0.2) is 47.6 Å². The average Bonchev–Trinajstić information content (AvgIpc) is 3.46. The average molecular weight is 565 g/mol. The van der Waals surface area contributed by atoms with Gasteiger partial charge in [0.05, 0.1) is 37.1 Å². The highest BCUT2D eigenvalue weighted by Gasteiger charge is 2.48. The van der Waals surface area contributed by atoms with E-state index in [2.05, 4.69) is 11.9 Å². The molecule has 2 heterocycles. The monoisotopic (exact) mass is 564 g/mol. The molecule has 3 aromatic rings. The SMILES string of the molecule is CCCCOc1cccc(/C(O)=C2\C(=O)C(=O)N(c3nc(C)c(C(=O)OCC)s3)C2c2ccc(OCC)cc2)c1. The van der Waals surface area contributed by atoms with Crippen LogP contribution in [0.25, 0.3) is 5.76 Å². The van der Waals surface area contributed by atoms with Crippen molar-refractivity contribution in [2.45, 2.75) is 46.6 Å². The Labute approximate surface area is 237 Å². The zero-order valence-corrected chi connectivity index (χ0v) is 23.7. The number of carbonyl (C=O) groups is 3. The molecule has 1 aromatic heterocycles. The largest absolute Gasteiger partial charge is 0.507 e. The van der Waals surface area contributed by atoms with Gasteiger partial charge in [-0.25, -0.2) is 9.78 Å². The second-order valence-electron chi connectivity index (χ2n) is 9.03. The summed E-state index contributed by atoms with van der Waals surface area (Å²) in [4.78, 5) is 45.4. The van der Waals surface area contributed by atoms with Gasteiger partial charge in [-0.1, -0.05) is 48.9 Å². The molecule has 0 aliphatic carbocycles. The van der Waals surface area contributed by atoms with Crippen molar-refractivity contribution in [3.63, 3.8) is 0 Å². The smallest absolute Gasteiger partial charge is 0.350 e. The fraction of sp³-hybridized carbons (Fsp3) is 0.333. The number of ketones is 1. The number of rotatable bonds is 11. The van der Waals surface area contributed by atoms with Gasteiger partial charge in [-0.2, -0.15) is 0 Å². The van der Waals surface area contributed by atoms with Gasteiger partial charge in [-0.05, 0) is 57.0 Å². The minimum absolute atomic E-state index is 0.0922. The van der Waals surface area contributed by atoms with E-state index < -0.39 is 23.7 Å². The minimum Gasteiger partial charge on any atom is -0.507 e. The number of aromatic nitrogens is 1. The van der Waals surface area contributed by atoms with E-state index >= 15 is 0 Å². The van der Waals surface area contributed by atoms with Crippen LogP contribution in [0, 0.1) is 6.92 Å². The summed E-state index contributed by atoms with van der Waals surface area (Å²) in [5, 5.41) is 11.6. The molecule has 1 aliphatic rings. The van der Waals surface area contributed by atoms with E-state index in [0.717, 1.165) is 24.2 Å². The fourth-order valence-electron chi connectivity index (χ4n) is 4.35. The summed E-state index contributed by atoms with van der Waals surface area (Å²) < 4.78 is 16.5. The molecule has 4 rings (SSSR count). The van der Waals surface area contributed by atoms with Gasteiger partial charge in [0.15, 0.2) is 5.13 Å². The Kier molecular flexibility index (Phi) is 9.21. The van der Waals surface area contributed by atoms with E-state index in [-0.39, 0.29) is 27.9 Å². The van der Waals surface area contributed by atoms with Gasteiger partial charge < -0.3 is 19.3 Å². The maximum Gasteiger partial charge on any atom is 0.350 e. The van der Waals surface area contributed by atoms with Gasteiger partial charge in [0.2, 0.25) is 0 Å². The normalized spacial score (nSPS) is 16.3. The maximum absolute atomic E-state index is 13.5. The molecule has 1 atom stereocenters. The third-order valence-corrected chi connectivity index (χ3v) is 7.41. The van der Waals surface area contributed by atoms with Crippen molar-refractivity contribution in [3.05, 3.63) is 75.8 Å². The van der Waals surface area contributed by atoms with Crippen LogP contribution in [0.3, 0.4) is 0 Å². The number of carbonyl (C=O) groups excluding carboxylic acids is 3. The number of Topliss-reactive ketones (excluding diaryl/α,β-unsaturated/α-hetero) is 1. The maximum atomic E-state index is 13.5. The second-order valence-corrected chi connectivity index (χ2v) is 10.0. The Morgan fingerprint density at radius 2 is 1.77 bits per heavy atom. The van der Waals surface area contributed by atoms with Gasteiger partial charge in [0.1, 0.15) is 22.1 Å². The number of aliphatic hydroxyl groups is 1. The molecule has 2 aromatic carbocycles. The number of nitrogens with zero attached hydrogens (tertiary/aromatic N) is 2. The first-order chi connectivity index (χ1) is 19.3. The topological polar surface area (TPSA) is 115 Å². The molecule has 1 saturated heterocycles. The van der Waals surface area contributed by atoms with Gasteiger partial charge in [-0.15, -0.1) is 0 Å². The van der Waals surface area contributed by atoms with E-state index in [0.29, 0.717) is 41.5 Å². The number of aliphatic hydroxyl groups excluding tert-OH is 1. The summed E-state index contributed by atoms with van der Waals surface area (Å²) in [6.45, 7) is 8.44. The number of esters is 1. The van der Waals surface area contributed by atoms with E-state index in [1.807, 2.05) is 6.92 Å². The quantitative estimate of drug-likeness (QED) is 0.102. The lowest BCUT2D eigenvalue weighted by molar-refractivity contribution is -0.132. The number of hydrogen-bond acceptors (Lipinski definition) is 9. The molecule has 0 radical (unpaired) electrons. The molecule has 0 saturated carbocycles. The first kappa shape index (κ1) is 28.8. The van der Waals surface area contributed by atoms with Crippen molar-refractivity contribution >= 4 is 39.9 Å². The van der Waals surface area contributed by atoms with Crippen LogP contribution >= 0.6 is 11.3 Å². The summed E-state index contributed by atoms with van der Waals surface area (Å²) in [6, 6.07) is 12.7. The van der Waals surface area contributed by atoms with Crippen molar-refractivity contribution in [1.82, 2.24) is 4.98 Å². The van der Waals surface area contributed by atoms with Crippen LogP contribution in [0.2, 0.25) is 0 Å². The van der Waals surface area contributed by atoms with Crippen molar-refractivity contribution < 1.29 is 33.7 Å². The molecule has 210 valence electrons. The van der Waals surface area contributed by atoms with Gasteiger partial charge in [-0.3, -0.25) is 14.5 Å². The van der Waals surface area contributed by atoms with Gasteiger partial charge in [0, 0.05) is 5.56 Å². The molecule has 1 fully saturated rings. The molecule has 40 heavy (non-hydrogen) atoms. The molecule has 0 bridgehead atoms. The van der Waals surface area contributed by atoms with Crippen LogP contribution in [0.5, 0.6) is 11.5 Å². The molecular weight excluding hydrogens is 532 g/mol. The molecule has 1 unspecified atom stereocenters. The Balaban J connectivity index is 1.84. The number of anilines is 1. The Bertz CT molecular complexity index is 1430. The lowest BCUT2D eigenvalue weighted by Gasteiger charge is -2.23. The highest BCUT2D eigenvalue weighted by molar-refractivity contribution is 7.17. The number of hydrogen-bond donors (Lipinski definition) is 1. The molecule has 1 amide bonds. The first-order valence-corrected chi connectivity index (χ1v) is 14.0. The van der Waals surface area contributed by atoms with E-state index in [4.69, 9.17) is 14.2 Å². The number of amides is 1. The highest BCUT2D eigenvalue weighted by Crippen LogP contribution is 2.44. The zero-order chi connectivity index (χ0) is 28.8. The lowest BCUT2D eigenvalue weighted by Crippen LogP contribution is -2.29. The predicted octanol–water partition coefficient (Wildman–Crippen LogP) is 5.83. The Morgan fingerprint density at radius 3 is 2.45 bits per heavy atom. The number of aryl methyl sites for hydroxylation is 1. The highest BCUT2D eigenvalue weighted by atomic mass is 32.1. The Morgan fingerprint density at radius 1 is 1.02 bits per heavy atom. The summed E-state index contributed by atoms with van der Waals surface area (Å²) in [7, 11) is 0. The van der Waals surface area contributed by atoms with E-state index in [9.17, 15) is 19.5 Å². The molecule has 0 spiro atoms. The number of ether oxygens (including phenoxy) is 3. The number of benzene rings is 2. The summed E-state index contributed by atoms with van der Waals surface area (Å²) >= 11 is 0.962. The standard InChI is InChI=1S/C30H32N2O7S/c1-5-8-16-39-22-11-9-10-20(17-22)25(33)23-24(19-12-14-21(15-13-19)37-6-2)32(28(35)26(23)34)30-31-18(4)27(40-30)29(36)38-7-3/h9-15,17,24,33H,5-8,16H2,1-4H3/b25-23+. The minimum atomic E-state index is -0.999. The van der Waals surface area contributed by atoms with Gasteiger partial charge in [0.25, 0.3) is 5.78 Å². The van der Waals surface area contributed by atoms with Crippen molar-refractivity contribution in [3.8, 4) is 11.5 Å². The molecule has 9 nitrogen and oxygen atoms in total. The van der Waals surface area contributed by atoms with Crippen LogP contribution in [0.1, 0.15) is 66.1 Å². The molecule has 10 heteroatoms. The second kappa shape index (κ2) is 12.8. The van der Waals surface area contributed by atoms with Gasteiger partial charge >= 0.3 is 11.9 Å². The van der Waals surface area contributed by atoms with Crippen molar-refractivity contribution in [2.75, 3.05) is 24.7 Å². The third-order valence-electron chi connectivity index (χ3n) is 6.28. The van der Waals surface area contributed by atoms with Crippen LogP contribution < -0.4 is 14.4 Å². The molecule has 1 aliphatic heterocycles. The summed E-state index contributed by atoms with van der Waals surface area (Å²) in [6.07, 6.45) is 1.85. The predicted molar refractivity (Wildman–Crippen MR) is 152 cm³/mol. The first-order valence-electron chi connectivity index (χ1n) is 13.2. The van der Waals surface area contributed by atoms with Crippen molar-refractivity contribution in [1.29, 1.82) is 0 Å². The van der Waals surface area contributed by atoms with E-state index in [1.165, 1.54) is 4.90 Å². The summed E-state index contributed by atoms with van der Waals surface area (Å²) in [5.41, 5.74) is 1.18. The molecule has 1 N–H and O–H groups in total. The van der Waals surface area contributed by atoms with Crippen LogP contribution in [0.15, 0.2) is 54.1 Å². The number of thiazole rings is 1. The molecular formula is C30H32N2O7S. The Hall–Kier alpha value is -4.18. The van der Waals surface area contributed by atoms with Crippen molar-refractivity contribution in [2.24, 2.45) is 0 Å². The third kappa shape index (κ3) is 5.86. The zero-order valence-electron chi connectivity index (χ0n) is 22.9. The van der Waals surface area contributed by atoms with E-state index in [1.54, 1.807) is 62.4 Å². The fourth-order valence-corrected chi connectivity index (χ4v) is 5.34. The number of unbranched alkanes of at least 4 members (excludes halogenated alkanes) is 1. The summed E-state index contributed by atoms with van der Waals surface area (Å²) in [5.74, 6) is -1.45. The van der Waals surface area contributed by atoms with Crippen LogP contribution in [-0.2, 0) is 14.3 Å². The lowest BCUT2D eigenvalue weighted by atomic mass is 9.95. The van der Waals surface area contributed by atoms with Crippen LogP contribution in [0.4, 0.5) is 5.13 Å².